The Balaban J connectivity index is 0. The minimum absolute atomic E-state index is 0.637. The predicted molar refractivity (Wildman–Crippen MR) is 69.9 cm³/mol. The Labute approximate surface area is 93.1 Å². The maximum atomic E-state index is 2.51. The average Bonchev–Trinajstić information content (AvgIpc) is 1.53. The van der Waals surface area contributed by atoms with Crippen LogP contribution in [0.15, 0.2) is 0 Å². The topological polar surface area (TPSA) is 0 Å². The first-order valence-electron chi connectivity index (χ1n) is 4.60. The van der Waals surface area contributed by atoms with E-state index in [0.29, 0.717) is 0 Å². The molecule has 0 aliphatic rings. The largest absolute Gasteiger partial charge is 0.191 e. The van der Waals surface area contributed by atoms with Crippen molar-refractivity contribution in [2.75, 3.05) is 0 Å². The number of rotatable bonds is 2. The predicted octanol–water partition coefficient (Wildman–Crippen LogP) is 3.15. The molecule has 12 heavy (non-hydrogen) atoms. The van der Waals surface area contributed by atoms with Crippen LogP contribution in [-0.2, 0) is 0 Å². The first kappa shape index (κ1) is 16.0. The fraction of sp³-hybridized carbons (Fsp3) is 1.00. The summed E-state index contributed by atoms with van der Waals surface area (Å²) >= 11 is 1.51. The van der Waals surface area contributed by atoms with Gasteiger partial charge in [-0.1, -0.05) is 0 Å². The van der Waals surface area contributed by atoms with Crippen LogP contribution in [0.3, 0.4) is 0 Å². The van der Waals surface area contributed by atoms with Gasteiger partial charge in [0.25, 0.3) is 0 Å². The zero-order valence-corrected chi connectivity index (χ0v) is 15.1. The van der Waals surface area contributed by atoms with Gasteiger partial charge >= 0.3 is 66.8 Å². The molecule has 0 rings (SSSR count). The second-order valence-electron chi connectivity index (χ2n) is 5.03. The van der Waals surface area contributed by atoms with E-state index in [1.54, 1.807) is 0 Å². The Morgan fingerprint density at radius 3 is 0.917 bits per heavy atom. The molecule has 0 aromatic heterocycles. The molecule has 4 heteroatoms. The van der Waals surface area contributed by atoms with Crippen molar-refractivity contribution in [3.63, 3.8) is 0 Å². The van der Waals surface area contributed by atoms with E-state index in [-0.39, 0.29) is 0 Å². The van der Waals surface area contributed by atoms with Gasteiger partial charge in [0, 0.05) is 0 Å². The first-order valence-corrected chi connectivity index (χ1v) is 19.4. The van der Waals surface area contributed by atoms with E-state index in [1.807, 2.05) is 0 Å². The maximum absolute atomic E-state index is 2.51. The van der Waals surface area contributed by atoms with E-state index >= 15 is 0 Å². The molecule has 0 spiro atoms. The van der Waals surface area contributed by atoms with E-state index in [2.05, 4.69) is 50.9 Å². The Bertz CT molecular complexity index is 92.6. The Morgan fingerprint density at radius 1 is 0.750 bits per heavy atom. The van der Waals surface area contributed by atoms with Crippen molar-refractivity contribution in [3.05, 3.63) is 0 Å². The molecule has 0 amide bonds. The smallest absolute Gasteiger partial charge is 0.115 e. The zero-order chi connectivity index (χ0) is 10.4. The second kappa shape index (κ2) is 6.90. The van der Waals surface area contributed by atoms with Gasteiger partial charge in [-0.15, -0.1) is 11.6 Å². The quantitative estimate of drug-likeness (QED) is 0.681. The number of hydrogen-bond donors (Lipinski definition) is 0. The van der Waals surface area contributed by atoms with Gasteiger partial charge < -0.3 is 0 Å². The van der Waals surface area contributed by atoms with E-state index in [9.17, 15) is 0 Å². The van der Waals surface area contributed by atoms with Gasteiger partial charge in [-0.3, -0.25) is 0 Å². The molecule has 0 saturated carbocycles. The van der Waals surface area contributed by atoms with Gasteiger partial charge in [0.05, 0.1) is 0 Å². The molecule has 0 atom stereocenters. The number of hydrogen-bond acceptors (Lipinski definition) is 0. The van der Waals surface area contributed by atoms with Crippen molar-refractivity contribution in [1.82, 2.24) is 0 Å². The van der Waals surface area contributed by atoms with Crippen LogP contribution in [0.5, 0.6) is 0 Å². The summed E-state index contributed by atoms with van der Waals surface area (Å²) in [7, 11) is 0. The van der Waals surface area contributed by atoms with Crippen molar-refractivity contribution in [2.45, 2.75) is 50.9 Å². The van der Waals surface area contributed by atoms with Gasteiger partial charge in [0.15, 0.2) is 15.2 Å². The summed E-state index contributed by atoms with van der Waals surface area (Å²) in [4.78, 5) is 0. The molecule has 0 saturated heterocycles. The Hall–Kier alpha value is 1.52. The zero-order valence-electron chi connectivity index (χ0n) is 10.0. The Kier molecular flexibility index (Phi) is 9.19. The van der Waals surface area contributed by atoms with Gasteiger partial charge in [-0.05, 0) is 0 Å². The van der Waals surface area contributed by atoms with E-state index in [0.717, 1.165) is 29.7 Å². The Morgan fingerprint density at radius 2 is 0.917 bits per heavy atom. The third-order valence-corrected chi connectivity index (χ3v) is 31.4. The minimum Gasteiger partial charge on any atom is -0.115 e. The minimum atomic E-state index is -0.637. The molecule has 2 radical (unpaired) electrons. The normalized spacial score (nSPS) is 11.7. The summed E-state index contributed by atoms with van der Waals surface area (Å²) < 4.78 is 0. The fourth-order valence-electron chi connectivity index (χ4n) is 1.01. The molecule has 0 aliphatic heterocycles. The SMILES string of the molecule is C[Si](C)(C)[As][Si](C)(C)C.[CH3][Al][CH3]. The third-order valence-electron chi connectivity index (χ3n) is 0.671. The van der Waals surface area contributed by atoms with Crippen molar-refractivity contribution < 1.29 is 0 Å². The fourth-order valence-corrected chi connectivity index (χ4v) is 47.1. The van der Waals surface area contributed by atoms with E-state index in [4.69, 9.17) is 0 Å². The molecule has 0 heterocycles. The molecular weight excluding hydrogens is 254 g/mol. The molecule has 0 bridgehead atoms. The molecular formula is C8H24AlAsSi2. The van der Waals surface area contributed by atoms with Gasteiger partial charge in [0.1, 0.15) is 0 Å². The van der Waals surface area contributed by atoms with Crippen LogP contribution in [0.1, 0.15) is 0 Å². The van der Waals surface area contributed by atoms with Crippen LogP contribution in [0.4, 0.5) is 0 Å². The van der Waals surface area contributed by atoms with Crippen molar-refractivity contribution in [2.24, 2.45) is 0 Å². The van der Waals surface area contributed by atoms with Gasteiger partial charge in [-0.25, -0.2) is 0 Å². The molecule has 0 aromatic carbocycles. The average molecular weight is 278 g/mol. The van der Waals surface area contributed by atoms with Crippen molar-refractivity contribution >= 4 is 42.7 Å². The van der Waals surface area contributed by atoms with Crippen LogP contribution in [0.2, 0.25) is 50.9 Å². The third kappa shape index (κ3) is 22.5. The summed E-state index contributed by atoms with van der Waals surface area (Å²) in [5.74, 6) is 4.42. The molecule has 0 unspecified atom stereocenters. The summed E-state index contributed by atoms with van der Waals surface area (Å²) in [5.41, 5.74) is 0. The first-order chi connectivity index (χ1) is 5.12. The van der Waals surface area contributed by atoms with E-state index in [1.165, 1.54) is 0 Å². The molecule has 0 aromatic rings. The van der Waals surface area contributed by atoms with Gasteiger partial charge in [-0.2, -0.15) is 0 Å². The van der Waals surface area contributed by atoms with Gasteiger partial charge in [0.2, 0.25) is 0 Å². The molecule has 0 fully saturated rings. The van der Waals surface area contributed by atoms with Crippen molar-refractivity contribution in [3.8, 4) is 0 Å². The molecule has 0 nitrogen and oxygen atoms in total. The van der Waals surface area contributed by atoms with Crippen LogP contribution in [0, 0.1) is 0 Å². The van der Waals surface area contributed by atoms with Crippen LogP contribution >= 0.6 is 0 Å². The summed E-state index contributed by atoms with van der Waals surface area (Å²) in [6.07, 6.45) is 0. The molecule has 0 N–H and O–H groups in total. The van der Waals surface area contributed by atoms with Crippen molar-refractivity contribution in [1.29, 1.82) is 0 Å². The van der Waals surface area contributed by atoms with E-state index < -0.39 is 13.1 Å². The molecule has 0 aliphatic carbocycles. The molecule has 72 valence electrons. The summed E-state index contributed by atoms with van der Waals surface area (Å²) in [5, 5.41) is 0. The maximum Gasteiger partial charge on any atom is 0.191 e. The standard InChI is InChI=1S/C6H18AsSi2.2CH3.Al/c1-8(2,3)7-9(4,5)6;;;/h1-6H3;2*1H3;. The summed E-state index contributed by atoms with van der Waals surface area (Å²) in [6, 6.07) is 0. The monoisotopic (exact) mass is 278 g/mol. The second-order valence-corrected chi connectivity index (χ2v) is 36.9. The van der Waals surface area contributed by atoms with Crippen LogP contribution in [-0.4, -0.2) is 42.7 Å². The summed E-state index contributed by atoms with van der Waals surface area (Å²) in [6.45, 7) is 13.8. The van der Waals surface area contributed by atoms with Crippen LogP contribution in [0.25, 0.3) is 0 Å². The van der Waals surface area contributed by atoms with Crippen LogP contribution < -0.4 is 0 Å².